The molecule has 148 valence electrons. The van der Waals surface area contributed by atoms with E-state index < -0.39 is 0 Å². The van der Waals surface area contributed by atoms with E-state index in [9.17, 15) is 4.79 Å². The Balaban J connectivity index is 1.32. The van der Waals surface area contributed by atoms with Crippen molar-refractivity contribution >= 4 is 17.3 Å². The van der Waals surface area contributed by atoms with Crippen LogP contribution in [-0.4, -0.2) is 19.0 Å². The molecule has 0 bridgehead atoms. The van der Waals surface area contributed by atoms with E-state index in [0.717, 1.165) is 30.1 Å². The van der Waals surface area contributed by atoms with Crippen molar-refractivity contribution in [2.75, 3.05) is 23.3 Å². The molecule has 1 aliphatic heterocycles. The number of amides is 1. The van der Waals surface area contributed by atoms with E-state index in [1.165, 1.54) is 24.9 Å². The van der Waals surface area contributed by atoms with Crippen LogP contribution in [0.2, 0.25) is 0 Å². The van der Waals surface area contributed by atoms with Gasteiger partial charge in [0.2, 0.25) is 0 Å². The number of ether oxygens (including phenoxy) is 1. The number of benzene rings is 3. The second-order valence-corrected chi connectivity index (χ2v) is 7.35. The standard InChI is InChI=1S/C25H26N2O2/c28-25(21-9-13-23(14-10-21)27-17-5-2-6-18-27)26-22-11-15-24(16-12-22)29-19-20-7-3-1-4-8-20/h1,3-4,7-16H,2,5-6,17-19H2,(H,26,28). The van der Waals surface area contributed by atoms with Gasteiger partial charge >= 0.3 is 0 Å². The van der Waals surface area contributed by atoms with Crippen LogP contribution in [0.25, 0.3) is 0 Å². The second-order valence-electron chi connectivity index (χ2n) is 7.35. The summed E-state index contributed by atoms with van der Waals surface area (Å²) in [6, 6.07) is 25.4. The lowest BCUT2D eigenvalue weighted by Gasteiger charge is -2.28. The highest BCUT2D eigenvalue weighted by Gasteiger charge is 2.12. The fourth-order valence-electron chi connectivity index (χ4n) is 3.55. The number of hydrogen-bond donors (Lipinski definition) is 1. The maximum absolute atomic E-state index is 12.5. The first-order chi connectivity index (χ1) is 14.3. The summed E-state index contributed by atoms with van der Waals surface area (Å²) in [7, 11) is 0. The van der Waals surface area contributed by atoms with Crippen LogP contribution in [-0.2, 0) is 6.61 Å². The van der Waals surface area contributed by atoms with Crippen LogP contribution >= 0.6 is 0 Å². The number of carbonyl (C=O) groups is 1. The average Bonchev–Trinajstić information content (AvgIpc) is 2.80. The number of nitrogens with zero attached hydrogens (tertiary/aromatic N) is 1. The molecule has 4 heteroatoms. The molecule has 1 fully saturated rings. The SMILES string of the molecule is O=C(Nc1ccc(OCc2ccccc2)cc1)c1ccc(N2CCCCC2)cc1. The van der Waals surface area contributed by atoms with Gasteiger partial charge in [-0.2, -0.15) is 0 Å². The Labute approximate surface area is 172 Å². The summed E-state index contributed by atoms with van der Waals surface area (Å²) in [4.78, 5) is 14.9. The van der Waals surface area contributed by atoms with Crippen molar-refractivity contribution in [3.05, 3.63) is 90.0 Å². The van der Waals surface area contributed by atoms with Crippen molar-refractivity contribution in [3.8, 4) is 5.75 Å². The molecule has 0 aliphatic carbocycles. The van der Waals surface area contributed by atoms with Crippen LogP contribution in [0.4, 0.5) is 11.4 Å². The molecule has 4 nitrogen and oxygen atoms in total. The lowest BCUT2D eigenvalue weighted by atomic mass is 10.1. The topological polar surface area (TPSA) is 41.6 Å². The molecule has 29 heavy (non-hydrogen) atoms. The van der Waals surface area contributed by atoms with Gasteiger partial charge in [-0.15, -0.1) is 0 Å². The monoisotopic (exact) mass is 386 g/mol. The van der Waals surface area contributed by atoms with E-state index in [1.54, 1.807) is 0 Å². The zero-order valence-corrected chi connectivity index (χ0v) is 16.5. The third-order valence-corrected chi connectivity index (χ3v) is 5.21. The molecule has 0 unspecified atom stereocenters. The molecule has 0 aromatic heterocycles. The quantitative estimate of drug-likeness (QED) is 0.607. The summed E-state index contributed by atoms with van der Waals surface area (Å²) in [5.74, 6) is 0.672. The molecular weight excluding hydrogens is 360 g/mol. The van der Waals surface area contributed by atoms with Crippen LogP contribution in [0.5, 0.6) is 5.75 Å². The molecule has 3 aromatic rings. The molecule has 1 heterocycles. The van der Waals surface area contributed by atoms with Crippen LogP contribution in [0.1, 0.15) is 35.2 Å². The Morgan fingerprint density at radius 1 is 0.828 bits per heavy atom. The van der Waals surface area contributed by atoms with Crippen molar-refractivity contribution in [2.45, 2.75) is 25.9 Å². The molecule has 0 saturated carbocycles. The first-order valence-corrected chi connectivity index (χ1v) is 10.2. The lowest BCUT2D eigenvalue weighted by molar-refractivity contribution is 0.102. The lowest BCUT2D eigenvalue weighted by Crippen LogP contribution is -2.29. The minimum absolute atomic E-state index is 0.104. The minimum atomic E-state index is -0.104. The maximum Gasteiger partial charge on any atom is 0.255 e. The van der Waals surface area contributed by atoms with Gasteiger partial charge < -0.3 is 15.0 Å². The van der Waals surface area contributed by atoms with Gasteiger partial charge in [-0.25, -0.2) is 0 Å². The van der Waals surface area contributed by atoms with Gasteiger partial charge in [0.15, 0.2) is 0 Å². The number of hydrogen-bond acceptors (Lipinski definition) is 3. The van der Waals surface area contributed by atoms with E-state index >= 15 is 0 Å². The van der Waals surface area contributed by atoms with Crippen molar-refractivity contribution < 1.29 is 9.53 Å². The van der Waals surface area contributed by atoms with Gasteiger partial charge in [0.1, 0.15) is 12.4 Å². The molecule has 4 rings (SSSR count). The Morgan fingerprint density at radius 3 is 2.21 bits per heavy atom. The smallest absolute Gasteiger partial charge is 0.255 e. The number of piperidine rings is 1. The van der Waals surface area contributed by atoms with Crippen molar-refractivity contribution in [2.24, 2.45) is 0 Å². The molecule has 1 saturated heterocycles. The number of rotatable bonds is 6. The zero-order valence-electron chi connectivity index (χ0n) is 16.5. The normalized spacial score (nSPS) is 13.7. The van der Waals surface area contributed by atoms with E-state index in [2.05, 4.69) is 10.2 Å². The van der Waals surface area contributed by atoms with Gasteiger partial charge in [-0.05, 0) is 73.4 Å². The van der Waals surface area contributed by atoms with Gasteiger partial charge in [0.25, 0.3) is 5.91 Å². The molecular formula is C25H26N2O2. The predicted molar refractivity (Wildman–Crippen MR) is 118 cm³/mol. The van der Waals surface area contributed by atoms with Crippen LogP contribution in [0.3, 0.4) is 0 Å². The predicted octanol–water partition coefficient (Wildman–Crippen LogP) is 5.51. The van der Waals surface area contributed by atoms with Gasteiger partial charge in [0.05, 0.1) is 0 Å². The van der Waals surface area contributed by atoms with E-state index in [0.29, 0.717) is 12.2 Å². The molecule has 1 amide bonds. The fraction of sp³-hybridized carbons (Fsp3) is 0.240. The van der Waals surface area contributed by atoms with Gasteiger partial charge in [-0.1, -0.05) is 30.3 Å². The Hall–Kier alpha value is -3.27. The third-order valence-electron chi connectivity index (χ3n) is 5.21. The third kappa shape index (κ3) is 5.17. The molecule has 0 radical (unpaired) electrons. The summed E-state index contributed by atoms with van der Waals surface area (Å²) in [5, 5.41) is 2.95. The van der Waals surface area contributed by atoms with Crippen LogP contribution in [0, 0.1) is 0 Å². The summed E-state index contributed by atoms with van der Waals surface area (Å²) in [6.45, 7) is 2.73. The molecule has 3 aromatic carbocycles. The van der Waals surface area contributed by atoms with E-state index in [-0.39, 0.29) is 5.91 Å². The highest BCUT2D eigenvalue weighted by Crippen LogP contribution is 2.21. The summed E-state index contributed by atoms with van der Waals surface area (Å²) in [6.07, 6.45) is 3.80. The maximum atomic E-state index is 12.5. The number of anilines is 2. The van der Waals surface area contributed by atoms with Crippen LogP contribution in [0.15, 0.2) is 78.9 Å². The highest BCUT2D eigenvalue weighted by atomic mass is 16.5. The summed E-state index contributed by atoms with van der Waals surface area (Å²) in [5.41, 5.74) is 3.73. The van der Waals surface area contributed by atoms with E-state index in [1.807, 2.05) is 78.9 Å². The van der Waals surface area contributed by atoms with Crippen molar-refractivity contribution in [3.63, 3.8) is 0 Å². The zero-order chi connectivity index (χ0) is 19.9. The largest absolute Gasteiger partial charge is 0.489 e. The average molecular weight is 386 g/mol. The highest BCUT2D eigenvalue weighted by molar-refractivity contribution is 6.04. The first kappa shape index (κ1) is 19.1. The van der Waals surface area contributed by atoms with Gasteiger partial charge in [0, 0.05) is 30.0 Å². The van der Waals surface area contributed by atoms with Crippen molar-refractivity contribution in [1.29, 1.82) is 0 Å². The molecule has 1 aliphatic rings. The van der Waals surface area contributed by atoms with Crippen LogP contribution < -0.4 is 15.0 Å². The van der Waals surface area contributed by atoms with Gasteiger partial charge in [-0.3, -0.25) is 4.79 Å². The molecule has 0 atom stereocenters. The van der Waals surface area contributed by atoms with E-state index in [4.69, 9.17) is 4.74 Å². The van der Waals surface area contributed by atoms with Crippen molar-refractivity contribution in [1.82, 2.24) is 0 Å². The minimum Gasteiger partial charge on any atom is -0.489 e. The molecule has 0 spiro atoms. The fourth-order valence-corrected chi connectivity index (χ4v) is 3.55. The number of nitrogens with one attached hydrogen (secondary N) is 1. The Kier molecular flexibility index (Phi) is 6.10. The molecule has 1 N–H and O–H groups in total. The summed E-state index contributed by atoms with van der Waals surface area (Å²) >= 11 is 0. The summed E-state index contributed by atoms with van der Waals surface area (Å²) < 4.78 is 5.79. The first-order valence-electron chi connectivity index (χ1n) is 10.2. The Bertz CT molecular complexity index is 915. The second kappa shape index (κ2) is 9.28. The Morgan fingerprint density at radius 2 is 1.52 bits per heavy atom. The number of carbonyl (C=O) groups excluding carboxylic acids is 1.